The van der Waals surface area contributed by atoms with Gasteiger partial charge in [-0.1, -0.05) is 45.7 Å². The van der Waals surface area contributed by atoms with Crippen LogP contribution in [0, 0.1) is 6.92 Å². The van der Waals surface area contributed by atoms with E-state index in [1.165, 1.54) is 6.21 Å². The number of benzene rings is 3. The predicted octanol–water partition coefficient (Wildman–Crippen LogP) is 4.72. The normalized spacial score (nSPS) is 10.6. The Morgan fingerprint density at radius 2 is 1.72 bits per heavy atom. The molecule has 162 valence electrons. The summed E-state index contributed by atoms with van der Waals surface area (Å²) in [7, 11) is 0. The molecule has 3 aromatic rings. The maximum atomic E-state index is 12.4. The zero-order valence-corrected chi connectivity index (χ0v) is 19.1. The van der Waals surface area contributed by atoms with E-state index < -0.39 is 17.8 Å². The molecule has 2 N–H and O–H groups in total. The van der Waals surface area contributed by atoms with Gasteiger partial charge in [0.05, 0.1) is 11.8 Å². The second kappa shape index (κ2) is 10.7. The third-order valence-electron chi connectivity index (χ3n) is 4.22. The van der Waals surface area contributed by atoms with E-state index in [9.17, 15) is 14.4 Å². The van der Waals surface area contributed by atoms with Crippen LogP contribution < -0.4 is 15.5 Å². The second-order valence-electron chi connectivity index (χ2n) is 6.55. The number of carbonyl (C=O) groups is 3. The zero-order chi connectivity index (χ0) is 23.1. The summed E-state index contributed by atoms with van der Waals surface area (Å²) < 4.78 is 6.14. The summed E-state index contributed by atoms with van der Waals surface area (Å²) in [5, 5.41) is 6.82. The van der Waals surface area contributed by atoms with Gasteiger partial charge in [0, 0.05) is 20.7 Å². The highest BCUT2D eigenvalue weighted by Gasteiger charge is 2.15. The van der Waals surface area contributed by atoms with Crippen LogP contribution >= 0.6 is 27.5 Å². The summed E-state index contributed by atoms with van der Waals surface area (Å²) in [6.07, 6.45) is 1.27. The monoisotopic (exact) mass is 513 g/mol. The highest BCUT2D eigenvalue weighted by atomic mass is 79.9. The molecule has 0 aliphatic carbocycles. The Labute approximate surface area is 197 Å². The van der Waals surface area contributed by atoms with E-state index in [2.05, 4.69) is 31.8 Å². The molecular weight excluding hydrogens is 498 g/mol. The van der Waals surface area contributed by atoms with Crippen LogP contribution in [-0.2, 0) is 9.59 Å². The average Bonchev–Trinajstić information content (AvgIpc) is 2.77. The summed E-state index contributed by atoms with van der Waals surface area (Å²) in [6, 6.07) is 18.2. The lowest BCUT2D eigenvalue weighted by Gasteiger charge is -2.08. The maximum absolute atomic E-state index is 12.4. The fraction of sp³-hybridized carbons (Fsp3) is 0.0435. The van der Waals surface area contributed by atoms with Crippen molar-refractivity contribution in [2.75, 3.05) is 5.32 Å². The molecule has 3 rings (SSSR count). The first-order valence-electron chi connectivity index (χ1n) is 9.31. The summed E-state index contributed by atoms with van der Waals surface area (Å²) >= 11 is 9.17. The van der Waals surface area contributed by atoms with E-state index in [1.807, 2.05) is 19.1 Å². The summed E-state index contributed by atoms with van der Waals surface area (Å²) in [5.74, 6) is -2.17. The molecule has 0 bridgehead atoms. The molecule has 0 fully saturated rings. The Hall–Kier alpha value is -3.49. The molecule has 0 saturated carbocycles. The molecule has 0 aliphatic rings. The molecular formula is C23H17BrClN3O4. The van der Waals surface area contributed by atoms with Crippen LogP contribution in [0.1, 0.15) is 21.5 Å². The van der Waals surface area contributed by atoms with E-state index in [0.717, 1.165) is 5.56 Å². The van der Waals surface area contributed by atoms with Gasteiger partial charge in [-0.05, 0) is 61.0 Å². The first-order chi connectivity index (χ1) is 15.3. The largest absolute Gasteiger partial charge is 0.422 e. The number of rotatable bonds is 5. The van der Waals surface area contributed by atoms with Crippen molar-refractivity contribution in [3.05, 3.63) is 92.9 Å². The van der Waals surface area contributed by atoms with Crippen molar-refractivity contribution in [2.45, 2.75) is 6.92 Å². The lowest BCUT2D eigenvalue weighted by atomic mass is 10.2. The molecule has 0 unspecified atom stereocenters. The van der Waals surface area contributed by atoms with Crippen molar-refractivity contribution in [1.82, 2.24) is 5.43 Å². The molecule has 7 nitrogen and oxygen atoms in total. The van der Waals surface area contributed by atoms with Crippen LogP contribution in [0.4, 0.5) is 5.69 Å². The van der Waals surface area contributed by atoms with Gasteiger partial charge in [0.25, 0.3) is 0 Å². The standard InChI is InChI=1S/C23H17BrClN3O4/c1-14-4-2-3-5-19(14)27-21(29)22(30)28-26-13-16-12-17(24)8-11-20(16)32-23(31)15-6-9-18(25)10-7-15/h2-13H,1H3,(H,27,29)(H,28,30). The average molecular weight is 515 g/mol. The minimum atomic E-state index is -0.945. The number of halogens is 2. The van der Waals surface area contributed by atoms with Crippen molar-refractivity contribution in [2.24, 2.45) is 5.10 Å². The number of nitrogens with zero attached hydrogens (tertiary/aromatic N) is 1. The van der Waals surface area contributed by atoms with Crippen molar-refractivity contribution in [3.8, 4) is 5.75 Å². The van der Waals surface area contributed by atoms with E-state index in [-0.39, 0.29) is 5.75 Å². The SMILES string of the molecule is Cc1ccccc1NC(=O)C(=O)NN=Cc1cc(Br)ccc1OC(=O)c1ccc(Cl)cc1. The van der Waals surface area contributed by atoms with Crippen LogP contribution in [0.5, 0.6) is 5.75 Å². The van der Waals surface area contributed by atoms with Gasteiger partial charge in [0.1, 0.15) is 5.75 Å². The first-order valence-corrected chi connectivity index (χ1v) is 10.5. The van der Waals surface area contributed by atoms with Crippen LogP contribution in [-0.4, -0.2) is 24.0 Å². The molecule has 3 aromatic carbocycles. The number of anilines is 1. The molecule has 0 heterocycles. The molecule has 2 amide bonds. The van der Waals surface area contributed by atoms with Crippen molar-refractivity contribution in [3.63, 3.8) is 0 Å². The number of amides is 2. The Morgan fingerprint density at radius 1 is 1.00 bits per heavy atom. The lowest BCUT2D eigenvalue weighted by molar-refractivity contribution is -0.136. The smallest absolute Gasteiger partial charge is 0.343 e. The lowest BCUT2D eigenvalue weighted by Crippen LogP contribution is -2.32. The number of ether oxygens (including phenoxy) is 1. The number of nitrogens with one attached hydrogen (secondary N) is 2. The highest BCUT2D eigenvalue weighted by molar-refractivity contribution is 9.10. The highest BCUT2D eigenvalue weighted by Crippen LogP contribution is 2.23. The number of hydrazone groups is 1. The Morgan fingerprint density at radius 3 is 2.44 bits per heavy atom. The Bertz CT molecular complexity index is 1200. The number of para-hydroxylation sites is 1. The number of hydrogen-bond acceptors (Lipinski definition) is 5. The van der Waals surface area contributed by atoms with Gasteiger partial charge >= 0.3 is 17.8 Å². The molecule has 0 spiro atoms. The number of esters is 1. The van der Waals surface area contributed by atoms with Crippen LogP contribution in [0.2, 0.25) is 5.02 Å². The topological polar surface area (TPSA) is 96.9 Å². The van der Waals surface area contributed by atoms with Gasteiger partial charge in [-0.3, -0.25) is 9.59 Å². The molecule has 9 heteroatoms. The first kappa shape index (κ1) is 23.2. The number of carbonyl (C=O) groups excluding carboxylic acids is 3. The minimum Gasteiger partial charge on any atom is -0.422 e. The van der Waals surface area contributed by atoms with Gasteiger partial charge in [-0.2, -0.15) is 5.10 Å². The molecule has 0 aliphatic heterocycles. The van der Waals surface area contributed by atoms with Crippen LogP contribution in [0.3, 0.4) is 0 Å². The van der Waals surface area contributed by atoms with Crippen LogP contribution in [0.15, 0.2) is 76.3 Å². The predicted molar refractivity (Wildman–Crippen MR) is 126 cm³/mol. The maximum Gasteiger partial charge on any atom is 0.343 e. The van der Waals surface area contributed by atoms with Gasteiger partial charge < -0.3 is 10.1 Å². The van der Waals surface area contributed by atoms with E-state index in [1.54, 1.807) is 54.6 Å². The summed E-state index contributed by atoms with van der Waals surface area (Å²) in [4.78, 5) is 36.5. The molecule has 0 atom stereocenters. The second-order valence-corrected chi connectivity index (χ2v) is 7.90. The van der Waals surface area contributed by atoms with Crippen molar-refractivity contribution in [1.29, 1.82) is 0 Å². The molecule has 32 heavy (non-hydrogen) atoms. The van der Waals surface area contributed by atoms with Gasteiger partial charge in [-0.15, -0.1) is 0 Å². The summed E-state index contributed by atoms with van der Waals surface area (Å²) in [5.41, 5.74) is 4.23. The third kappa shape index (κ3) is 6.26. The minimum absolute atomic E-state index is 0.218. The third-order valence-corrected chi connectivity index (χ3v) is 4.97. The van der Waals surface area contributed by atoms with Crippen molar-refractivity contribution >= 4 is 57.2 Å². The Kier molecular flexibility index (Phi) is 7.75. The van der Waals surface area contributed by atoms with E-state index in [0.29, 0.717) is 26.3 Å². The van der Waals surface area contributed by atoms with E-state index in [4.69, 9.17) is 16.3 Å². The summed E-state index contributed by atoms with van der Waals surface area (Å²) in [6.45, 7) is 1.81. The quantitative estimate of drug-likeness (QED) is 0.169. The molecule has 0 saturated heterocycles. The van der Waals surface area contributed by atoms with Crippen LogP contribution in [0.25, 0.3) is 0 Å². The fourth-order valence-electron chi connectivity index (χ4n) is 2.56. The van der Waals surface area contributed by atoms with Gasteiger partial charge in [0.2, 0.25) is 0 Å². The number of hydrogen-bond donors (Lipinski definition) is 2. The number of aryl methyl sites for hydroxylation is 1. The Balaban J connectivity index is 1.67. The van der Waals surface area contributed by atoms with Crippen molar-refractivity contribution < 1.29 is 19.1 Å². The molecule has 0 radical (unpaired) electrons. The van der Waals surface area contributed by atoms with Gasteiger partial charge in [0.15, 0.2) is 0 Å². The van der Waals surface area contributed by atoms with Gasteiger partial charge in [-0.25, -0.2) is 10.2 Å². The molecule has 0 aromatic heterocycles. The zero-order valence-electron chi connectivity index (χ0n) is 16.8. The fourth-order valence-corrected chi connectivity index (χ4v) is 3.07. The van der Waals surface area contributed by atoms with E-state index >= 15 is 0 Å².